The third-order valence-electron chi connectivity index (χ3n) is 3.67. The van der Waals surface area contributed by atoms with Crippen LogP contribution in [0.25, 0.3) is 0 Å². The predicted octanol–water partition coefficient (Wildman–Crippen LogP) is 2.32. The second kappa shape index (κ2) is 7.50. The summed E-state index contributed by atoms with van der Waals surface area (Å²) in [5, 5.41) is 3.84. The van der Waals surface area contributed by atoms with E-state index in [1.54, 1.807) is 6.07 Å². The second-order valence-corrected chi connectivity index (χ2v) is 5.38. The molecule has 0 radical (unpaired) electrons. The number of benzene rings is 1. The van der Waals surface area contributed by atoms with Crippen molar-refractivity contribution in [3.05, 3.63) is 29.3 Å². The minimum atomic E-state index is 0.159. The van der Waals surface area contributed by atoms with Crippen LogP contribution in [0.5, 0.6) is 5.75 Å². The van der Waals surface area contributed by atoms with Crippen LogP contribution in [0.2, 0.25) is 5.02 Å². The largest absolute Gasteiger partial charge is 0.491 e. The Morgan fingerprint density at radius 1 is 1.40 bits per heavy atom. The van der Waals surface area contributed by atoms with Gasteiger partial charge in [-0.25, -0.2) is 0 Å². The Hall–Kier alpha value is -1.26. The summed E-state index contributed by atoms with van der Waals surface area (Å²) in [6, 6.07) is 7.85. The summed E-state index contributed by atoms with van der Waals surface area (Å²) in [6.45, 7) is 2.03. The van der Waals surface area contributed by atoms with Gasteiger partial charge >= 0.3 is 0 Å². The van der Waals surface area contributed by atoms with Crippen molar-refractivity contribution in [1.29, 1.82) is 0 Å². The molecule has 1 aliphatic rings. The van der Waals surface area contributed by atoms with Crippen molar-refractivity contribution in [3.8, 4) is 5.75 Å². The molecule has 2 rings (SSSR count). The summed E-state index contributed by atoms with van der Waals surface area (Å²) < 4.78 is 5.55. The first-order valence-corrected chi connectivity index (χ1v) is 7.41. The molecule has 0 unspecified atom stereocenters. The number of hydrogen-bond acceptors (Lipinski definition) is 3. The van der Waals surface area contributed by atoms with Crippen LogP contribution in [0.3, 0.4) is 0 Å². The van der Waals surface area contributed by atoms with E-state index in [0.717, 1.165) is 25.9 Å². The van der Waals surface area contributed by atoms with Gasteiger partial charge in [0.15, 0.2) is 0 Å². The Morgan fingerprint density at radius 3 is 2.75 bits per heavy atom. The normalized spacial score (nSPS) is 16.2. The first kappa shape index (κ1) is 15.1. The van der Waals surface area contributed by atoms with Crippen molar-refractivity contribution in [3.63, 3.8) is 0 Å². The molecule has 1 amide bonds. The number of amides is 1. The number of piperidine rings is 1. The Kier molecular flexibility index (Phi) is 5.68. The van der Waals surface area contributed by atoms with E-state index >= 15 is 0 Å². The maximum absolute atomic E-state index is 12.1. The summed E-state index contributed by atoms with van der Waals surface area (Å²) in [6.07, 6.45) is 2.44. The van der Waals surface area contributed by atoms with E-state index in [0.29, 0.717) is 29.8 Å². The summed E-state index contributed by atoms with van der Waals surface area (Å²) in [5.41, 5.74) is 0. The molecule has 1 heterocycles. The van der Waals surface area contributed by atoms with Gasteiger partial charge in [-0.15, -0.1) is 0 Å². The van der Waals surface area contributed by atoms with Crippen LogP contribution in [-0.4, -0.2) is 43.6 Å². The van der Waals surface area contributed by atoms with Gasteiger partial charge in [-0.2, -0.15) is 0 Å². The number of carbonyl (C=O) groups is 1. The van der Waals surface area contributed by atoms with Gasteiger partial charge in [-0.3, -0.25) is 4.79 Å². The van der Waals surface area contributed by atoms with Crippen LogP contribution < -0.4 is 10.1 Å². The number of nitrogens with one attached hydrogen (secondary N) is 1. The number of halogens is 1. The smallest absolute Gasteiger partial charge is 0.225 e. The Bertz CT molecular complexity index is 445. The minimum absolute atomic E-state index is 0.159. The molecule has 1 fully saturated rings. The maximum Gasteiger partial charge on any atom is 0.225 e. The van der Waals surface area contributed by atoms with Gasteiger partial charge in [0.05, 0.1) is 18.1 Å². The zero-order chi connectivity index (χ0) is 14.4. The average molecular weight is 297 g/mol. The molecule has 1 N–H and O–H groups in total. The van der Waals surface area contributed by atoms with Gasteiger partial charge in [0.25, 0.3) is 0 Å². The number of carbonyl (C=O) groups excluding carboxylic acids is 1. The molecule has 0 spiro atoms. The highest BCUT2D eigenvalue weighted by molar-refractivity contribution is 6.32. The third-order valence-corrected chi connectivity index (χ3v) is 3.98. The summed E-state index contributed by atoms with van der Waals surface area (Å²) in [7, 11) is 1.97. The molecule has 20 heavy (non-hydrogen) atoms. The van der Waals surface area contributed by atoms with E-state index in [1.807, 2.05) is 30.1 Å². The number of para-hydroxylation sites is 1. The van der Waals surface area contributed by atoms with Crippen LogP contribution in [0.1, 0.15) is 19.3 Å². The molecular weight excluding hydrogens is 276 g/mol. The van der Waals surface area contributed by atoms with Crippen LogP contribution in [-0.2, 0) is 4.79 Å². The average Bonchev–Trinajstić information content (AvgIpc) is 2.49. The highest BCUT2D eigenvalue weighted by atomic mass is 35.5. The van der Waals surface area contributed by atoms with Crippen molar-refractivity contribution in [2.45, 2.75) is 25.3 Å². The molecule has 0 aromatic heterocycles. The molecule has 0 saturated carbocycles. The number of nitrogens with zero attached hydrogens (tertiary/aromatic N) is 1. The predicted molar refractivity (Wildman–Crippen MR) is 80.2 cm³/mol. The van der Waals surface area contributed by atoms with Crippen molar-refractivity contribution in [2.75, 3.05) is 26.7 Å². The molecule has 0 bridgehead atoms. The molecule has 1 saturated heterocycles. The Morgan fingerprint density at radius 2 is 2.10 bits per heavy atom. The zero-order valence-electron chi connectivity index (χ0n) is 11.8. The maximum atomic E-state index is 12.1. The first-order chi connectivity index (χ1) is 9.70. The van der Waals surface area contributed by atoms with Gasteiger partial charge in [0, 0.05) is 19.1 Å². The molecule has 1 aliphatic heterocycles. The van der Waals surface area contributed by atoms with Gasteiger partial charge in [0.2, 0.25) is 5.91 Å². The molecule has 4 nitrogen and oxygen atoms in total. The van der Waals surface area contributed by atoms with E-state index in [2.05, 4.69) is 5.32 Å². The third kappa shape index (κ3) is 4.12. The van der Waals surface area contributed by atoms with Crippen LogP contribution in [0.15, 0.2) is 24.3 Å². The molecule has 0 aliphatic carbocycles. The van der Waals surface area contributed by atoms with Crippen molar-refractivity contribution in [2.24, 2.45) is 0 Å². The van der Waals surface area contributed by atoms with E-state index in [4.69, 9.17) is 16.3 Å². The fraction of sp³-hybridized carbons (Fsp3) is 0.533. The molecule has 1 aromatic carbocycles. The fourth-order valence-electron chi connectivity index (χ4n) is 2.39. The first-order valence-electron chi connectivity index (χ1n) is 7.03. The topological polar surface area (TPSA) is 41.6 Å². The lowest BCUT2D eigenvalue weighted by molar-refractivity contribution is -0.132. The van der Waals surface area contributed by atoms with Gasteiger partial charge < -0.3 is 15.0 Å². The fourth-order valence-corrected chi connectivity index (χ4v) is 2.58. The molecule has 5 heteroatoms. The molecule has 1 aromatic rings. The number of hydrogen-bond donors (Lipinski definition) is 1. The van der Waals surface area contributed by atoms with E-state index < -0.39 is 0 Å². The minimum Gasteiger partial charge on any atom is -0.491 e. The van der Waals surface area contributed by atoms with Crippen molar-refractivity contribution < 1.29 is 9.53 Å². The van der Waals surface area contributed by atoms with Crippen LogP contribution in [0.4, 0.5) is 0 Å². The lowest BCUT2D eigenvalue weighted by Crippen LogP contribution is -2.44. The zero-order valence-corrected chi connectivity index (χ0v) is 12.5. The number of likely N-dealkylation sites (tertiary alicyclic amines) is 1. The molecule has 0 atom stereocenters. The van der Waals surface area contributed by atoms with Gasteiger partial charge in [-0.05, 0) is 32.0 Å². The Labute approximate surface area is 125 Å². The van der Waals surface area contributed by atoms with Crippen molar-refractivity contribution >= 4 is 17.5 Å². The SMILES string of the molecule is CNC1CCN(C(=O)CCOc2ccccc2Cl)CC1. The van der Waals surface area contributed by atoms with Crippen LogP contribution >= 0.6 is 11.6 Å². The lowest BCUT2D eigenvalue weighted by Gasteiger charge is -2.31. The summed E-state index contributed by atoms with van der Waals surface area (Å²) in [4.78, 5) is 14.0. The van der Waals surface area contributed by atoms with E-state index in [-0.39, 0.29) is 5.91 Å². The van der Waals surface area contributed by atoms with E-state index in [9.17, 15) is 4.79 Å². The van der Waals surface area contributed by atoms with Crippen molar-refractivity contribution in [1.82, 2.24) is 10.2 Å². The number of ether oxygens (including phenoxy) is 1. The standard InChI is InChI=1S/C15H21ClN2O2/c1-17-12-6-9-18(10-7-12)15(19)8-11-20-14-5-3-2-4-13(14)16/h2-5,12,17H,6-11H2,1H3. The van der Waals surface area contributed by atoms with Gasteiger partial charge in [-0.1, -0.05) is 23.7 Å². The molecular formula is C15H21ClN2O2. The Balaban J connectivity index is 1.72. The molecule has 110 valence electrons. The highest BCUT2D eigenvalue weighted by Crippen LogP contribution is 2.23. The monoisotopic (exact) mass is 296 g/mol. The van der Waals surface area contributed by atoms with Crippen LogP contribution in [0, 0.1) is 0 Å². The summed E-state index contributed by atoms with van der Waals surface area (Å²) in [5.74, 6) is 0.794. The number of rotatable bonds is 5. The highest BCUT2D eigenvalue weighted by Gasteiger charge is 2.21. The van der Waals surface area contributed by atoms with E-state index in [1.165, 1.54) is 0 Å². The quantitative estimate of drug-likeness (QED) is 0.907. The lowest BCUT2D eigenvalue weighted by atomic mass is 10.1. The van der Waals surface area contributed by atoms with Gasteiger partial charge in [0.1, 0.15) is 5.75 Å². The second-order valence-electron chi connectivity index (χ2n) is 4.97. The summed E-state index contributed by atoms with van der Waals surface area (Å²) >= 11 is 5.99.